The lowest BCUT2D eigenvalue weighted by molar-refractivity contribution is 0.627. The lowest BCUT2D eigenvalue weighted by atomic mass is 10.1. The summed E-state index contributed by atoms with van der Waals surface area (Å²) in [6, 6.07) is 16.6. The fourth-order valence-electron chi connectivity index (χ4n) is 3.07. The predicted molar refractivity (Wildman–Crippen MR) is 103 cm³/mol. The van der Waals surface area contributed by atoms with Crippen LogP contribution in [0.3, 0.4) is 0 Å². The maximum atomic E-state index is 13.3. The molecule has 0 aliphatic heterocycles. The summed E-state index contributed by atoms with van der Waals surface area (Å²) in [6.45, 7) is 2.95. The van der Waals surface area contributed by atoms with Crippen molar-refractivity contribution in [2.24, 2.45) is 0 Å². The number of rotatable bonds is 5. The Labute approximate surface area is 151 Å². The van der Waals surface area contributed by atoms with Crippen molar-refractivity contribution in [3.05, 3.63) is 72.9 Å². The maximum absolute atomic E-state index is 13.3. The molecule has 4 rings (SSSR count). The van der Waals surface area contributed by atoms with E-state index in [0.717, 1.165) is 46.6 Å². The summed E-state index contributed by atoms with van der Waals surface area (Å²) in [7, 11) is 0. The highest BCUT2D eigenvalue weighted by Crippen LogP contribution is 2.35. The minimum atomic E-state index is -0.256. The molecule has 0 aliphatic carbocycles. The molecule has 2 aromatic heterocycles. The molecule has 5 heteroatoms. The van der Waals surface area contributed by atoms with Gasteiger partial charge >= 0.3 is 0 Å². The topological polar surface area (TPSA) is 42.7 Å². The minimum Gasteiger partial charge on any atom is -0.369 e. The van der Waals surface area contributed by atoms with Crippen molar-refractivity contribution in [2.45, 2.75) is 13.3 Å². The molecular formula is C21H19FN4. The van der Waals surface area contributed by atoms with Gasteiger partial charge in [0, 0.05) is 24.0 Å². The largest absolute Gasteiger partial charge is 0.369 e. The standard InChI is InChI=1S/C21H19FN4/c1-2-12-23-20-19-18(15-6-4-3-5-7-15)13-26(21(19)25-14-24-20)17-10-8-16(22)9-11-17/h3-11,13-14H,2,12H2,1H3,(H,23,24,25). The third-order valence-electron chi connectivity index (χ3n) is 4.32. The number of halogens is 1. The molecular weight excluding hydrogens is 327 g/mol. The highest BCUT2D eigenvalue weighted by atomic mass is 19.1. The van der Waals surface area contributed by atoms with Crippen LogP contribution in [-0.4, -0.2) is 21.1 Å². The lowest BCUT2D eigenvalue weighted by Gasteiger charge is -2.08. The van der Waals surface area contributed by atoms with Crippen molar-refractivity contribution in [1.29, 1.82) is 0 Å². The van der Waals surface area contributed by atoms with Crippen molar-refractivity contribution in [1.82, 2.24) is 14.5 Å². The number of hydrogen-bond acceptors (Lipinski definition) is 3. The number of nitrogens with zero attached hydrogens (tertiary/aromatic N) is 3. The van der Waals surface area contributed by atoms with E-state index in [1.807, 2.05) is 29.0 Å². The van der Waals surface area contributed by atoms with Gasteiger partial charge in [-0.25, -0.2) is 14.4 Å². The van der Waals surface area contributed by atoms with E-state index in [9.17, 15) is 4.39 Å². The first kappa shape index (κ1) is 16.3. The molecule has 0 saturated carbocycles. The maximum Gasteiger partial charge on any atom is 0.150 e. The molecule has 0 amide bonds. The fraction of sp³-hybridized carbons (Fsp3) is 0.143. The summed E-state index contributed by atoms with van der Waals surface area (Å²) in [5.41, 5.74) is 3.79. The second-order valence-corrected chi connectivity index (χ2v) is 6.10. The van der Waals surface area contributed by atoms with E-state index < -0.39 is 0 Å². The van der Waals surface area contributed by atoms with E-state index >= 15 is 0 Å². The van der Waals surface area contributed by atoms with Crippen molar-refractivity contribution < 1.29 is 4.39 Å². The van der Waals surface area contributed by atoms with Crippen LogP contribution in [0.5, 0.6) is 0 Å². The van der Waals surface area contributed by atoms with E-state index in [4.69, 9.17) is 0 Å². The van der Waals surface area contributed by atoms with E-state index in [1.165, 1.54) is 12.1 Å². The van der Waals surface area contributed by atoms with Gasteiger partial charge in [0.25, 0.3) is 0 Å². The molecule has 2 heterocycles. The van der Waals surface area contributed by atoms with Gasteiger partial charge in [-0.15, -0.1) is 0 Å². The molecule has 26 heavy (non-hydrogen) atoms. The Kier molecular flexibility index (Phi) is 4.35. The third-order valence-corrected chi connectivity index (χ3v) is 4.32. The average molecular weight is 346 g/mol. The van der Waals surface area contributed by atoms with Crippen molar-refractivity contribution >= 4 is 16.9 Å². The monoisotopic (exact) mass is 346 g/mol. The fourth-order valence-corrected chi connectivity index (χ4v) is 3.07. The first-order valence-corrected chi connectivity index (χ1v) is 8.69. The van der Waals surface area contributed by atoms with Crippen LogP contribution in [0.2, 0.25) is 0 Å². The molecule has 2 aromatic carbocycles. The Morgan fingerprint density at radius 1 is 1.00 bits per heavy atom. The molecule has 0 saturated heterocycles. The number of fused-ring (bicyclic) bond motifs is 1. The van der Waals surface area contributed by atoms with E-state index in [2.05, 4.69) is 34.3 Å². The smallest absolute Gasteiger partial charge is 0.150 e. The molecule has 0 spiro atoms. The van der Waals surface area contributed by atoms with Crippen LogP contribution in [0.25, 0.3) is 27.8 Å². The average Bonchev–Trinajstić information content (AvgIpc) is 3.08. The van der Waals surface area contributed by atoms with Gasteiger partial charge in [-0.3, -0.25) is 0 Å². The van der Waals surface area contributed by atoms with Crippen LogP contribution in [0.4, 0.5) is 10.2 Å². The summed E-state index contributed by atoms with van der Waals surface area (Å²) in [4.78, 5) is 8.97. The van der Waals surface area contributed by atoms with E-state index in [1.54, 1.807) is 18.5 Å². The zero-order valence-electron chi connectivity index (χ0n) is 14.5. The second-order valence-electron chi connectivity index (χ2n) is 6.10. The van der Waals surface area contributed by atoms with Gasteiger partial charge < -0.3 is 9.88 Å². The van der Waals surface area contributed by atoms with Crippen LogP contribution in [0.15, 0.2) is 67.1 Å². The van der Waals surface area contributed by atoms with Gasteiger partial charge in [0.1, 0.15) is 18.0 Å². The molecule has 1 N–H and O–H groups in total. The van der Waals surface area contributed by atoms with Crippen molar-refractivity contribution in [3.8, 4) is 16.8 Å². The highest BCUT2D eigenvalue weighted by Gasteiger charge is 2.17. The summed E-state index contributed by atoms with van der Waals surface area (Å²) in [5.74, 6) is 0.560. The van der Waals surface area contributed by atoms with Crippen LogP contribution in [0, 0.1) is 5.82 Å². The Morgan fingerprint density at radius 2 is 1.77 bits per heavy atom. The van der Waals surface area contributed by atoms with Gasteiger partial charge in [0.2, 0.25) is 0 Å². The first-order valence-electron chi connectivity index (χ1n) is 8.69. The van der Waals surface area contributed by atoms with Gasteiger partial charge in [-0.2, -0.15) is 0 Å². The number of hydrogen-bond donors (Lipinski definition) is 1. The summed E-state index contributed by atoms with van der Waals surface area (Å²) < 4.78 is 15.3. The number of aromatic nitrogens is 3. The predicted octanol–water partition coefficient (Wildman–Crippen LogP) is 5.05. The van der Waals surface area contributed by atoms with Crippen molar-refractivity contribution in [2.75, 3.05) is 11.9 Å². The number of nitrogens with one attached hydrogen (secondary N) is 1. The molecule has 4 aromatic rings. The van der Waals surface area contributed by atoms with Gasteiger partial charge in [-0.1, -0.05) is 37.3 Å². The number of benzene rings is 2. The molecule has 4 nitrogen and oxygen atoms in total. The Balaban J connectivity index is 1.98. The van der Waals surface area contributed by atoms with Crippen LogP contribution < -0.4 is 5.32 Å². The highest BCUT2D eigenvalue weighted by molar-refractivity contribution is 6.02. The molecule has 0 bridgehead atoms. The first-order chi connectivity index (χ1) is 12.8. The van der Waals surface area contributed by atoms with Crippen LogP contribution in [0.1, 0.15) is 13.3 Å². The van der Waals surface area contributed by atoms with Gasteiger partial charge in [0.15, 0.2) is 5.65 Å². The van der Waals surface area contributed by atoms with Gasteiger partial charge in [0.05, 0.1) is 5.39 Å². The zero-order valence-corrected chi connectivity index (χ0v) is 14.5. The quantitative estimate of drug-likeness (QED) is 0.550. The minimum absolute atomic E-state index is 0.256. The Bertz CT molecular complexity index is 1020. The Morgan fingerprint density at radius 3 is 2.50 bits per heavy atom. The number of anilines is 1. The normalized spacial score (nSPS) is 11.0. The lowest BCUT2D eigenvalue weighted by Crippen LogP contribution is -2.03. The summed E-state index contributed by atoms with van der Waals surface area (Å²) in [5, 5.41) is 4.37. The molecule has 0 unspecified atom stereocenters. The molecule has 0 atom stereocenters. The molecule has 0 radical (unpaired) electrons. The molecule has 130 valence electrons. The van der Waals surface area contributed by atoms with Crippen LogP contribution >= 0.6 is 0 Å². The summed E-state index contributed by atoms with van der Waals surface area (Å²) in [6.07, 6.45) is 4.61. The van der Waals surface area contributed by atoms with E-state index in [-0.39, 0.29) is 5.82 Å². The van der Waals surface area contributed by atoms with E-state index in [0.29, 0.717) is 0 Å². The third kappa shape index (κ3) is 2.92. The Hall–Kier alpha value is -3.21. The molecule has 0 aliphatic rings. The van der Waals surface area contributed by atoms with Crippen LogP contribution in [-0.2, 0) is 0 Å². The molecule has 0 fully saturated rings. The van der Waals surface area contributed by atoms with Crippen molar-refractivity contribution in [3.63, 3.8) is 0 Å². The van der Waals surface area contributed by atoms with Gasteiger partial charge in [-0.05, 0) is 36.2 Å². The SMILES string of the molecule is CCCNc1ncnc2c1c(-c1ccccc1)cn2-c1ccc(F)cc1. The zero-order chi connectivity index (χ0) is 17.9. The summed E-state index contributed by atoms with van der Waals surface area (Å²) >= 11 is 0. The second kappa shape index (κ2) is 6.96.